The molecule has 12 heavy (non-hydrogen) atoms. The van der Waals surface area contributed by atoms with Gasteiger partial charge in [0.05, 0.1) is 0 Å². The Morgan fingerprint density at radius 2 is 2.50 bits per heavy atom. The van der Waals surface area contributed by atoms with Crippen LogP contribution >= 0.6 is 7.80 Å². The molecular formula is C9H17NOP+. The maximum Gasteiger partial charge on any atom is 0.360 e. The van der Waals surface area contributed by atoms with Gasteiger partial charge in [0.2, 0.25) is 5.28 Å². The zero-order valence-corrected chi connectivity index (χ0v) is 8.52. The summed E-state index contributed by atoms with van der Waals surface area (Å²) in [5.74, 6) is 0.304. The Labute approximate surface area is 75.0 Å². The SMILES string of the molecule is C=C[C@@H]1C[C@]1(N)[P+](=O)CCCC. The lowest BCUT2D eigenvalue weighted by Gasteiger charge is -1.95. The van der Waals surface area contributed by atoms with E-state index >= 15 is 0 Å². The summed E-state index contributed by atoms with van der Waals surface area (Å²) in [5, 5.41) is -0.383. The van der Waals surface area contributed by atoms with Gasteiger partial charge < -0.3 is 0 Å². The van der Waals surface area contributed by atoms with Crippen LogP contribution in [0.1, 0.15) is 26.2 Å². The molecule has 1 fully saturated rings. The molecule has 2 nitrogen and oxygen atoms in total. The summed E-state index contributed by atoms with van der Waals surface area (Å²) >= 11 is 0. The average molecular weight is 186 g/mol. The standard InChI is InChI=1S/C9H17NOP/c1-3-5-6-12(11)9(10)7-8(9)4-2/h4,8H,2-3,5-7,10H2,1H3/q+1/t8-,9+/m1/s1. The van der Waals surface area contributed by atoms with Gasteiger partial charge in [-0.15, -0.1) is 6.58 Å². The molecule has 0 heterocycles. The van der Waals surface area contributed by atoms with Crippen LogP contribution in [0.15, 0.2) is 12.7 Å². The van der Waals surface area contributed by atoms with Crippen molar-refractivity contribution in [2.24, 2.45) is 11.7 Å². The molecule has 0 amide bonds. The van der Waals surface area contributed by atoms with Crippen LogP contribution in [0.25, 0.3) is 0 Å². The minimum absolute atomic E-state index is 0.304. The first-order valence-electron chi connectivity index (χ1n) is 4.51. The monoisotopic (exact) mass is 186 g/mol. The predicted molar refractivity (Wildman–Crippen MR) is 52.6 cm³/mol. The predicted octanol–water partition coefficient (Wildman–Crippen LogP) is 2.47. The fourth-order valence-corrected chi connectivity index (χ4v) is 3.27. The Hall–Kier alpha value is -0.200. The van der Waals surface area contributed by atoms with Crippen molar-refractivity contribution >= 4 is 7.80 Å². The Balaban J connectivity index is 2.38. The van der Waals surface area contributed by atoms with Crippen molar-refractivity contribution in [2.75, 3.05) is 6.16 Å². The third-order valence-electron chi connectivity index (χ3n) is 2.49. The Morgan fingerprint density at radius 3 is 2.92 bits per heavy atom. The highest BCUT2D eigenvalue weighted by Crippen LogP contribution is 2.58. The summed E-state index contributed by atoms with van der Waals surface area (Å²) in [6, 6.07) is 0. The zero-order valence-electron chi connectivity index (χ0n) is 7.62. The summed E-state index contributed by atoms with van der Waals surface area (Å²) < 4.78 is 11.6. The topological polar surface area (TPSA) is 43.1 Å². The maximum absolute atomic E-state index is 11.6. The van der Waals surface area contributed by atoms with E-state index in [1.807, 2.05) is 6.08 Å². The van der Waals surface area contributed by atoms with Crippen molar-refractivity contribution in [3.8, 4) is 0 Å². The molecule has 0 aromatic heterocycles. The third-order valence-corrected chi connectivity index (χ3v) is 4.66. The van der Waals surface area contributed by atoms with Gasteiger partial charge in [0, 0.05) is 12.3 Å². The summed E-state index contributed by atoms with van der Waals surface area (Å²) in [6.45, 7) is 5.77. The fourth-order valence-electron chi connectivity index (χ4n) is 1.38. The van der Waals surface area contributed by atoms with Gasteiger partial charge in [-0.1, -0.05) is 24.0 Å². The van der Waals surface area contributed by atoms with E-state index in [-0.39, 0.29) is 5.28 Å². The van der Waals surface area contributed by atoms with Crippen molar-refractivity contribution in [2.45, 2.75) is 31.5 Å². The molecule has 0 spiro atoms. The number of unbranched alkanes of at least 4 members (excludes halogenated alkanes) is 1. The van der Waals surface area contributed by atoms with Gasteiger partial charge in [-0.25, -0.2) is 0 Å². The van der Waals surface area contributed by atoms with E-state index < -0.39 is 7.80 Å². The van der Waals surface area contributed by atoms with Crippen LogP contribution in [0, 0.1) is 5.92 Å². The molecule has 1 aliphatic rings. The molecule has 2 N–H and O–H groups in total. The number of hydrogen-bond acceptors (Lipinski definition) is 2. The largest absolute Gasteiger partial charge is 0.360 e. The molecule has 1 unspecified atom stereocenters. The van der Waals surface area contributed by atoms with Crippen molar-refractivity contribution in [1.29, 1.82) is 0 Å². The number of nitrogens with two attached hydrogens (primary N) is 1. The molecule has 1 aliphatic carbocycles. The Bertz CT molecular complexity index is 205. The quantitative estimate of drug-likeness (QED) is 0.529. The summed E-state index contributed by atoms with van der Waals surface area (Å²) in [4.78, 5) is 0. The van der Waals surface area contributed by atoms with E-state index in [1.54, 1.807) is 0 Å². The summed E-state index contributed by atoms with van der Waals surface area (Å²) in [7, 11) is -1.20. The Kier molecular flexibility index (Phi) is 3.03. The molecule has 0 aromatic rings. The van der Waals surface area contributed by atoms with Gasteiger partial charge in [0.1, 0.15) is 6.16 Å². The molecule has 1 saturated carbocycles. The zero-order chi connectivity index (χ0) is 9.19. The van der Waals surface area contributed by atoms with E-state index in [0.717, 1.165) is 25.4 Å². The normalized spacial score (nSPS) is 34.5. The second-order valence-electron chi connectivity index (χ2n) is 3.49. The minimum Gasteiger partial charge on any atom is -0.284 e. The third kappa shape index (κ3) is 1.75. The van der Waals surface area contributed by atoms with Gasteiger partial charge >= 0.3 is 7.80 Å². The van der Waals surface area contributed by atoms with Crippen LogP contribution in [0.4, 0.5) is 0 Å². The molecule has 0 aromatic carbocycles. The van der Waals surface area contributed by atoms with E-state index in [2.05, 4.69) is 13.5 Å². The number of rotatable bonds is 5. The van der Waals surface area contributed by atoms with Crippen LogP contribution in [0.3, 0.4) is 0 Å². The lowest BCUT2D eigenvalue weighted by molar-refractivity contribution is 0.573. The van der Waals surface area contributed by atoms with Crippen LogP contribution < -0.4 is 5.73 Å². The highest BCUT2D eigenvalue weighted by atomic mass is 31.1. The molecule has 0 aliphatic heterocycles. The first-order valence-corrected chi connectivity index (χ1v) is 5.96. The van der Waals surface area contributed by atoms with Gasteiger partial charge in [-0.3, -0.25) is 5.73 Å². The van der Waals surface area contributed by atoms with Gasteiger partial charge in [-0.05, 0) is 6.42 Å². The van der Waals surface area contributed by atoms with Crippen molar-refractivity contribution < 1.29 is 4.57 Å². The van der Waals surface area contributed by atoms with Crippen molar-refractivity contribution in [3.05, 3.63) is 12.7 Å². The summed E-state index contributed by atoms with van der Waals surface area (Å²) in [6.07, 6.45) is 5.61. The number of hydrogen-bond donors (Lipinski definition) is 1. The minimum atomic E-state index is -1.20. The first-order chi connectivity index (χ1) is 5.65. The molecule has 0 bridgehead atoms. The van der Waals surface area contributed by atoms with Crippen LogP contribution in [-0.2, 0) is 4.57 Å². The van der Waals surface area contributed by atoms with Crippen LogP contribution in [0.2, 0.25) is 0 Å². The molecule has 68 valence electrons. The molecule has 3 atom stereocenters. The molecule has 3 heteroatoms. The van der Waals surface area contributed by atoms with Crippen LogP contribution in [0.5, 0.6) is 0 Å². The fraction of sp³-hybridized carbons (Fsp3) is 0.778. The lowest BCUT2D eigenvalue weighted by atomic mass is 10.4. The molecular weight excluding hydrogens is 169 g/mol. The molecule has 0 saturated heterocycles. The second-order valence-corrected chi connectivity index (χ2v) is 5.53. The van der Waals surface area contributed by atoms with Gasteiger partial charge in [0.15, 0.2) is 0 Å². The Morgan fingerprint density at radius 1 is 1.83 bits per heavy atom. The lowest BCUT2D eigenvalue weighted by Crippen LogP contribution is -2.20. The molecule has 0 radical (unpaired) electrons. The van der Waals surface area contributed by atoms with Gasteiger partial charge in [-0.2, -0.15) is 0 Å². The smallest absolute Gasteiger partial charge is 0.284 e. The highest BCUT2D eigenvalue weighted by Gasteiger charge is 2.64. The van der Waals surface area contributed by atoms with Crippen LogP contribution in [-0.4, -0.2) is 11.4 Å². The molecule has 1 rings (SSSR count). The first kappa shape index (κ1) is 9.88. The van der Waals surface area contributed by atoms with E-state index in [9.17, 15) is 4.57 Å². The van der Waals surface area contributed by atoms with E-state index in [1.165, 1.54) is 0 Å². The van der Waals surface area contributed by atoms with Crippen molar-refractivity contribution in [3.63, 3.8) is 0 Å². The maximum atomic E-state index is 11.6. The van der Waals surface area contributed by atoms with Crippen molar-refractivity contribution in [1.82, 2.24) is 0 Å². The average Bonchev–Trinajstić information content (AvgIpc) is 2.74. The second kappa shape index (κ2) is 3.68. The van der Waals surface area contributed by atoms with E-state index in [0.29, 0.717) is 5.92 Å². The van der Waals surface area contributed by atoms with E-state index in [4.69, 9.17) is 5.73 Å². The summed E-state index contributed by atoms with van der Waals surface area (Å²) in [5.41, 5.74) is 5.93. The highest BCUT2D eigenvalue weighted by molar-refractivity contribution is 7.47. The van der Waals surface area contributed by atoms with Gasteiger partial charge in [0.25, 0.3) is 0 Å².